The van der Waals surface area contributed by atoms with Crippen LogP contribution in [0.25, 0.3) is 0 Å². The molecule has 0 spiro atoms. The molecule has 27 heavy (non-hydrogen) atoms. The Morgan fingerprint density at radius 1 is 1.07 bits per heavy atom. The van der Waals surface area contributed by atoms with Crippen molar-refractivity contribution in [1.82, 2.24) is 20.9 Å². The van der Waals surface area contributed by atoms with E-state index in [4.69, 9.17) is 0 Å². The fourth-order valence-corrected chi connectivity index (χ4v) is 4.13. The molecule has 0 unspecified atom stereocenters. The number of hydrogen-bond acceptors (Lipinski definition) is 3. The minimum atomic E-state index is 0. The van der Waals surface area contributed by atoms with Gasteiger partial charge < -0.3 is 16.0 Å². The number of aliphatic imine (C=N–C) groups is 1. The van der Waals surface area contributed by atoms with Crippen LogP contribution in [0.5, 0.6) is 0 Å². The van der Waals surface area contributed by atoms with Crippen LogP contribution < -0.4 is 16.0 Å². The van der Waals surface area contributed by atoms with Gasteiger partial charge in [-0.15, -0.1) is 24.0 Å². The average molecular weight is 491 g/mol. The third kappa shape index (κ3) is 7.75. The van der Waals surface area contributed by atoms with Gasteiger partial charge in [0, 0.05) is 39.3 Å². The Morgan fingerprint density at radius 2 is 1.70 bits per heavy atom. The molecule has 1 amide bonds. The summed E-state index contributed by atoms with van der Waals surface area (Å²) in [6, 6.07) is 0.455. The molecule has 0 bridgehead atoms. The second-order valence-corrected chi connectivity index (χ2v) is 8.34. The standard InChI is InChI=1S/C20H37N5O.HI/c1-3-10-22-19(26)14-25-11-8-17(9-12-25)24-20(21-2)23-13-18(15-4-5-15)16-6-7-16;/h15-18H,3-14H2,1-2H3,(H,22,26)(H2,21,23,24);1H. The first kappa shape index (κ1) is 22.7. The van der Waals surface area contributed by atoms with Crippen molar-refractivity contribution in [3.05, 3.63) is 0 Å². The van der Waals surface area contributed by atoms with Crippen LogP contribution in [0.2, 0.25) is 0 Å². The average Bonchev–Trinajstić information content (AvgIpc) is 3.54. The summed E-state index contributed by atoms with van der Waals surface area (Å²) in [6.07, 6.45) is 8.84. The lowest BCUT2D eigenvalue weighted by atomic mass is 9.98. The number of hydrogen-bond donors (Lipinski definition) is 3. The van der Waals surface area contributed by atoms with Gasteiger partial charge in [0.15, 0.2) is 5.96 Å². The predicted molar refractivity (Wildman–Crippen MR) is 122 cm³/mol. The van der Waals surface area contributed by atoms with Crippen LogP contribution in [0.1, 0.15) is 51.9 Å². The highest BCUT2D eigenvalue weighted by Crippen LogP contribution is 2.48. The van der Waals surface area contributed by atoms with E-state index in [-0.39, 0.29) is 29.9 Å². The lowest BCUT2D eigenvalue weighted by Crippen LogP contribution is -2.50. The van der Waals surface area contributed by atoms with Crippen LogP contribution in [-0.4, -0.2) is 62.6 Å². The zero-order valence-electron chi connectivity index (χ0n) is 17.0. The van der Waals surface area contributed by atoms with Crippen molar-refractivity contribution in [2.75, 3.05) is 39.8 Å². The Bertz CT molecular complexity index is 473. The number of nitrogens with one attached hydrogen (secondary N) is 3. The van der Waals surface area contributed by atoms with Crippen molar-refractivity contribution in [2.24, 2.45) is 22.7 Å². The molecule has 3 fully saturated rings. The number of amides is 1. The van der Waals surface area contributed by atoms with Gasteiger partial charge in [0.2, 0.25) is 5.91 Å². The topological polar surface area (TPSA) is 68.8 Å². The zero-order chi connectivity index (χ0) is 18.4. The summed E-state index contributed by atoms with van der Waals surface area (Å²) in [7, 11) is 1.87. The molecule has 0 aromatic rings. The molecule has 3 aliphatic rings. The molecule has 6 nitrogen and oxygen atoms in total. The van der Waals surface area contributed by atoms with Gasteiger partial charge in [-0.2, -0.15) is 0 Å². The van der Waals surface area contributed by atoms with E-state index in [1.807, 2.05) is 7.05 Å². The van der Waals surface area contributed by atoms with Crippen LogP contribution >= 0.6 is 24.0 Å². The van der Waals surface area contributed by atoms with Crippen LogP contribution in [0.4, 0.5) is 0 Å². The maximum atomic E-state index is 11.8. The monoisotopic (exact) mass is 491 g/mol. The summed E-state index contributed by atoms with van der Waals surface area (Å²) in [5, 5.41) is 10.1. The second kappa shape index (κ2) is 11.4. The third-order valence-electron chi connectivity index (χ3n) is 6.05. The highest BCUT2D eigenvalue weighted by Gasteiger charge is 2.41. The lowest BCUT2D eigenvalue weighted by Gasteiger charge is -2.32. The third-order valence-corrected chi connectivity index (χ3v) is 6.05. The van der Waals surface area contributed by atoms with E-state index in [1.165, 1.54) is 25.7 Å². The van der Waals surface area contributed by atoms with Crippen molar-refractivity contribution in [2.45, 2.75) is 57.9 Å². The van der Waals surface area contributed by atoms with Gasteiger partial charge in [-0.25, -0.2) is 0 Å². The van der Waals surface area contributed by atoms with E-state index in [2.05, 4.69) is 32.8 Å². The first-order valence-electron chi connectivity index (χ1n) is 10.7. The van der Waals surface area contributed by atoms with Gasteiger partial charge in [0.1, 0.15) is 0 Å². The molecule has 0 atom stereocenters. The smallest absolute Gasteiger partial charge is 0.234 e. The van der Waals surface area contributed by atoms with Crippen molar-refractivity contribution < 1.29 is 4.79 Å². The summed E-state index contributed by atoms with van der Waals surface area (Å²) < 4.78 is 0. The molecular weight excluding hydrogens is 453 g/mol. The Labute approximate surface area is 181 Å². The van der Waals surface area contributed by atoms with Crippen LogP contribution in [0.3, 0.4) is 0 Å². The molecule has 3 N–H and O–H groups in total. The van der Waals surface area contributed by atoms with Gasteiger partial charge in [0.05, 0.1) is 6.54 Å². The van der Waals surface area contributed by atoms with Gasteiger partial charge in [0.25, 0.3) is 0 Å². The van der Waals surface area contributed by atoms with E-state index >= 15 is 0 Å². The molecule has 1 heterocycles. The number of piperidine rings is 1. The normalized spacial score (nSPS) is 21.7. The number of rotatable bonds is 9. The van der Waals surface area contributed by atoms with E-state index in [9.17, 15) is 4.79 Å². The molecule has 3 rings (SSSR count). The molecule has 0 aromatic heterocycles. The second-order valence-electron chi connectivity index (χ2n) is 8.34. The van der Waals surface area contributed by atoms with Crippen molar-refractivity contribution >= 4 is 35.8 Å². The number of nitrogens with zero attached hydrogens (tertiary/aromatic N) is 2. The summed E-state index contributed by atoms with van der Waals surface area (Å²) >= 11 is 0. The Kier molecular flexibility index (Phi) is 9.62. The molecule has 2 aliphatic carbocycles. The van der Waals surface area contributed by atoms with Gasteiger partial charge in [-0.3, -0.25) is 14.7 Å². The maximum Gasteiger partial charge on any atom is 0.234 e. The fourth-order valence-electron chi connectivity index (χ4n) is 4.13. The Balaban J connectivity index is 0.00000261. The van der Waals surface area contributed by atoms with E-state index in [1.54, 1.807) is 0 Å². The fraction of sp³-hybridized carbons (Fsp3) is 0.900. The molecule has 2 saturated carbocycles. The summed E-state index contributed by atoms with van der Waals surface area (Å²) in [6.45, 7) is 6.41. The highest BCUT2D eigenvalue weighted by molar-refractivity contribution is 14.0. The lowest BCUT2D eigenvalue weighted by molar-refractivity contribution is -0.122. The summed E-state index contributed by atoms with van der Waals surface area (Å²) in [5.74, 6) is 3.90. The number of halogens is 1. The zero-order valence-corrected chi connectivity index (χ0v) is 19.3. The van der Waals surface area contributed by atoms with Gasteiger partial charge in [-0.05, 0) is 62.7 Å². The number of carbonyl (C=O) groups excluding carboxylic acids is 1. The highest BCUT2D eigenvalue weighted by atomic mass is 127. The minimum Gasteiger partial charge on any atom is -0.356 e. The molecule has 0 aromatic carbocycles. The summed E-state index contributed by atoms with van der Waals surface area (Å²) in [5.41, 5.74) is 0. The van der Waals surface area contributed by atoms with Crippen molar-refractivity contribution in [1.29, 1.82) is 0 Å². The molecule has 7 heteroatoms. The Hall–Kier alpha value is -0.570. The SMILES string of the molecule is CCCNC(=O)CN1CCC(NC(=NC)NCC(C2CC2)C2CC2)CC1.I. The summed E-state index contributed by atoms with van der Waals surface area (Å²) in [4.78, 5) is 18.5. The Morgan fingerprint density at radius 3 is 2.22 bits per heavy atom. The van der Waals surface area contributed by atoms with Gasteiger partial charge >= 0.3 is 0 Å². The molecule has 0 radical (unpaired) electrons. The minimum absolute atomic E-state index is 0. The largest absolute Gasteiger partial charge is 0.356 e. The van der Waals surface area contributed by atoms with Gasteiger partial charge in [-0.1, -0.05) is 6.92 Å². The van der Waals surface area contributed by atoms with Crippen LogP contribution in [0.15, 0.2) is 4.99 Å². The number of guanidine groups is 1. The quantitative estimate of drug-likeness (QED) is 0.263. The molecule has 156 valence electrons. The van der Waals surface area contributed by atoms with Crippen LogP contribution in [0, 0.1) is 17.8 Å². The van der Waals surface area contributed by atoms with E-state index in [0.29, 0.717) is 12.6 Å². The molecular formula is C20H38IN5O. The first-order valence-corrected chi connectivity index (χ1v) is 10.7. The molecule has 1 aliphatic heterocycles. The number of carbonyl (C=O) groups is 1. The van der Waals surface area contributed by atoms with E-state index < -0.39 is 0 Å². The maximum absolute atomic E-state index is 11.8. The van der Waals surface area contributed by atoms with E-state index in [0.717, 1.165) is 69.2 Å². The van der Waals surface area contributed by atoms with Crippen molar-refractivity contribution in [3.63, 3.8) is 0 Å². The molecule has 1 saturated heterocycles. The predicted octanol–water partition coefficient (Wildman–Crippen LogP) is 2.20. The van der Waals surface area contributed by atoms with Crippen molar-refractivity contribution in [3.8, 4) is 0 Å². The first-order chi connectivity index (χ1) is 12.7. The van der Waals surface area contributed by atoms with Crippen LogP contribution in [-0.2, 0) is 4.79 Å². The number of likely N-dealkylation sites (tertiary alicyclic amines) is 1.